The average molecular weight is 560 g/mol. The molecule has 7 heteroatoms. The molecule has 218 valence electrons. The van der Waals surface area contributed by atoms with Crippen LogP contribution in [0.3, 0.4) is 0 Å². The van der Waals surface area contributed by atoms with Crippen molar-refractivity contribution in [3.05, 3.63) is 30.3 Å². The fraction of sp³-hybridized carbons (Fsp3) is 0.781. The van der Waals surface area contributed by atoms with Gasteiger partial charge in [0, 0.05) is 18.7 Å². The van der Waals surface area contributed by atoms with E-state index in [1.165, 1.54) is 49.8 Å². The highest BCUT2D eigenvalue weighted by atomic mass is 32.2. The first-order chi connectivity index (χ1) is 18.4. The molecule has 39 heavy (non-hydrogen) atoms. The zero-order chi connectivity index (χ0) is 28.0. The van der Waals surface area contributed by atoms with E-state index in [4.69, 9.17) is 0 Å². The lowest BCUT2D eigenvalue weighted by Gasteiger charge is -2.61. The van der Waals surface area contributed by atoms with Gasteiger partial charge in [-0.25, -0.2) is 0 Å². The third kappa shape index (κ3) is 5.70. The molecule has 0 aromatic heterocycles. The predicted molar refractivity (Wildman–Crippen MR) is 155 cm³/mol. The first-order valence-electron chi connectivity index (χ1n) is 15.4. The van der Waals surface area contributed by atoms with Crippen LogP contribution in [0.2, 0.25) is 0 Å². The molecular formula is C32H49NO5S. The molecule has 1 aromatic carbocycles. The number of nitrogens with zero attached hydrogens (tertiary/aromatic N) is 1. The summed E-state index contributed by atoms with van der Waals surface area (Å²) in [6, 6.07) is 9.17. The SMILES string of the molecule is CC(CCC(=O)N(CCS(=O)(=O)O)c1ccccc1)C1CCC2C3CCC4CC(O)CCC4(C)C3CCC12C. The van der Waals surface area contributed by atoms with Crippen molar-refractivity contribution in [1.29, 1.82) is 0 Å². The molecule has 0 spiro atoms. The number of carbonyl (C=O) groups is 1. The summed E-state index contributed by atoms with van der Waals surface area (Å²) in [6.07, 6.45) is 11.9. The quantitative estimate of drug-likeness (QED) is 0.362. The highest BCUT2D eigenvalue weighted by molar-refractivity contribution is 7.85. The van der Waals surface area contributed by atoms with Gasteiger partial charge in [-0.3, -0.25) is 9.35 Å². The zero-order valence-electron chi connectivity index (χ0n) is 24.1. The van der Waals surface area contributed by atoms with Crippen molar-refractivity contribution < 1.29 is 22.9 Å². The first kappa shape index (κ1) is 29.1. The molecule has 0 bridgehead atoms. The molecular weight excluding hydrogens is 510 g/mol. The van der Waals surface area contributed by atoms with E-state index < -0.39 is 15.9 Å². The molecule has 4 aliphatic rings. The van der Waals surface area contributed by atoms with Gasteiger partial charge in [-0.05, 0) is 123 Å². The number of aliphatic hydroxyl groups is 1. The maximum Gasteiger partial charge on any atom is 0.266 e. The molecule has 4 saturated carbocycles. The van der Waals surface area contributed by atoms with E-state index in [-0.39, 0.29) is 18.6 Å². The second-order valence-electron chi connectivity index (χ2n) is 14.0. The number of benzene rings is 1. The first-order valence-corrected chi connectivity index (χ1v) is 17.0. The van der Waals surface area contributed by atoms with Crippen LogP contribution >= 0.6 is 0 Å². The van der Waals surface area contributed by atoms with Crippen LogP contribution < -0.4 is 4.90 Å². The molecule has 0 heterocycles. The number of rotatable bonds is 8. The molecule has 9 unspecified atom stereocenters. The van der Waals surface area contributed by atoms with Gasteiger partial charge in [0.1, 0.15) is 0 Å². The van der Waals surface area contributed by atoms with Crippen molar-refractivity contribution >= 4 is 21.7 Å². The van der Waals surface area contributed by atoms with Gasteiger partial charge in [0.05, 0.1) is 11.9 Å². The fourth-order valence-electron chi connectivity index (χ4n) is 10.1. The van der Waals surface area contributed by atoms with Crippen molar-refractivity contribution in [3.8, 4) is 0 Å². The summed E-state index contributed by atoms with van der Waals surface area (Å²) in [5, 5.41) is 10.3. The Hall–Kier alpha value is -1.44. The molecule has 1 amide bonds. The number of para-hydroxylation sites is 1. The summed E-state index contributed by atoms with van der Waals surface area (Å²) in [7, 11) is -4.16. The lowest BCUT2D eigenvalue weighted by Crippen LogP contribution is -2.54. The van der Waals surface area contributed by atoms with Crippen molar-refractivity contribution in [3.63, 3.8) is 0 Å². The highest BCUT2D eigenvalue weighted by Crippen LogP contribution is 2.68. The predicted octanol–water partition coefficient (Wildman–Crippen LogP) is 6.34. The summed E-state index contributed by atoms with van der Waals surface area (Å²) in [5.41, 5.74) is 1.39. The highest BCUT2D eigenvalue weighted by Gasteiger charge is 2.60. The van der Waals surface area contributed by atoms with E-state index >= 15 is 0 Å². The molecule has 4 aliphatic carbocycles. The third-order valence-corrected chi connectivity index (χ3v) is 12.9. The van der Waals surface area contributed by atoms with Crippen LogP contribution in [0.1, 0.15) is 91.4 Å². The summed E-state index contributed by atoms with van der Waals surface area (Å²) in [4.78, 5) is 14.9. The summed E-state index contributed by atoms with van der Waals surface area (Å²) >= 11 is 0. The minimum Gasteiger partial charge on any atom is -0.393 e. The monoisotopic (exact) mass is 559 g/mol. The van der Waals surface area contributed by atoms with Crippen LogP contribution in [0, 0.1) is 46.3 Å². The van der Waals surface area contributed by atoms with E-state index in [0.717, 1.165) is 37.0 Å². The van der Waals surface area contributed by atoms with Crippen LogP contribution in [0.15, 0.2) is 30.3 Å². The second-order valence-corrected chi connectivity index (χ2v) is 15.6. The lowest BCUT2D eigenvalue weighted by molar-refractivity contribution is -0.129. The number of hydrogen-bond donors (Lipinski definition) is 2. The Morgan fingerprint density at radius 1 is 1.00 bits per heavy atom. The Balaban J connectivity index is 1.24. The molecule has 0 saturated heterocycles. The van der Waals surface area contributed by atoms with E-state index in [1.807, 2.05) is 30.3 Å². The summed E-state index contributed by atoms with van der Waals surface area (Å²) in [5.74, 6) is 3.53. The van der Waals surface area contributed by atoms with E-state index in [2.05, 4.69) is 20.8 Å². The van der Waals surface area contributed by atoms with E-state index in [0.29, 0.717) is 40.7 Å². The smallest absolute Gasteiger partial charge is 0.266 e. The molecule has 0 aliphatic heterocycles. The topological polar surface area (TPSA) is 94.9 Å². The van der Waals surface area contributed by atoms with Gasteiger partial charge in [-0.15, -0.1) is 0 Å². The van der Waals surface area contributed by atoms with Gasteiger partial charge in [0.15, 0.2) is 0 Å². The van der Waals surface area contributed by atoms with Crippen molar-refractivity contribution in [2.24, 2.45) is 46.3 Å². The van der Waals surface area contributed by atoms with Gasteiger partial charge >= 0.3 is 0 Å². The van der Waals surface area contributed by atoms with Gasteiger partial charge in [0.25, 0.3) is 10.1 Å². The molecule has 2 N–H and O–H groups in total. The number of aliphatic hydroxyl groups excluding tert-OH is 1. The van der Waals surface area contributed by atoms with Crippen molar-refractivity contribution in [2.45, 2.75) is 97.5 Å². The second kappa shape index (κ2) is 11.1. The van der Waals surface area contributed by atoms with Crippen LogP contribution in [0.5, 0.6) is 0 Å². The van der Waals surface area contributed by atoms with Gasteiger partial charge < -0.3 is 10.0 Å². The van der Waals surface area contributed by atoms with Crippen molar-refractivity contribution in [1.82, 2.24) is 0 Å². The van der Waals surface area contributed by atoms with Crippen LogP contribution in [0.4, 0.5) is 5.69 Å². The normalized spacial score (nSPS) is 38.8. The largest absolute Gasteiger partial charge is 0.393 e. The van der Waals surface area contributed by atoms with E-state index in [9.17, 15) is 22.9 Å². The van der Waals surface area contributed by atoms with Gasteiger partial charge in [-0.1, -0.05) is 39.0 Å². The number of anilines is 1. The number of fused-ring (bicyclic) bond motifs is 5. The Morgan fingerprint density at radius 3 is 2.41 bits per heavy atom. The van der Waals surface area contributed by atoms with E-state index in [1.54, 1.807) is 0 Å². The average Bonchev–Trinajstić information content (AvgIpc) is 3.25. The maximum atomic E-state index is 13.4. The molecule has 1 aromatic rings. The number of amides is 1. The maximum absolute atomic E-state index is 13.4. The van der Waals surface area contributed by atoms with Gasteiger partial charge in [0.2, 0.25) is 5.91 Å². The lowest BCUT2D eigenvalue weighted by atomic mass is 9.44. The number of hydrogen-bond acceptors (Lipinski definition) is 4. The molecule has 9 atom stereocenters. The van der Waals surface area contributed by atoms with Crippen LogP contribution in [-0.4, -0.2) is 42.4 Å². The zero-order valence-corrected chi connectivity index (χ0v) is 24.9. The minimum atomic E-state index is -4.16. The fourth-order valence-corrected chi connectivity index (χ4v) is 10.5. The Bertz CT molecular complexity index is 1120. The molecule has 4 fully saturated rings. The Morgan fingerprint density at radius 2 is 1.69 bits per heavy atom. The minimum absolute atomic E-state index is 0.0425. The summed E-state index contributed by atoms with van der Waals surface area (Å²) in [6.45, 7) is 7.37. The Labute approximate surface area is 235 Å². The number of carbonyl (C=O) groups excluding carboxylic acids is 1. The molecule has 5 rings (SSSR count). The molecule has 6 nitrogen and oxygen atoms in total. The molecule has 0 radical (unpaired) electrons. The Kier molecular flexibility index (Phi) is 8.27. The van der Waals surface area contributed by atoms with Crippen molar-refractivity contribution in [2.75, 3.05) is 17.2 Å². The standard InChI is InChI=1S/C32H49NO5S/c1-22(9-14-30(35)33(19-20-39(36,37)38)24-7-5-4-6-8-24)27-12-13-28-26-11-10-23-21-25(34)15-17-31(23,2)29(26)16-18-32(27,28)3/h4-8,22-23,25-29,34H,9-21H2,1-3H3,(H,36,37,38). The van der Waals surface area contributed by atoms with Crippen LogP contribution in [0.25, 0.3) is 0 Å². The summed E-state index contributed by atoms with van der Waals surface area (Å²) < 4.78 is 32.1. The van der Waals surface area contributed by atoms with Crippen LogP contribution in [-0.2, 0) is 14.9 Å². The van der Waals surface area contributed by atoms with Gasteiger partial charge in [-0.2, -0.15) is 8.42 Å². The third-order valence-electron chi connectivity index (χ3n) is 12.2.